The fourth-order valence-corrected chi connectivity index (χ4v) is 9.01. The fourth-order valence-electron chi connectivity index (χ4n) is 4.37. The summed E-state index contributed by atoms with van der Waals surface area (Å²) < 4.78 is 69.6. The molecule has 1 aliphatic carbocycles. The minimum Gasteiger partial charge on any atom is -0.351 e. The standard InChI is InChI=1S/C21H26ClFN4O5S3/c22-17-13-16(8-9-18(17)23)34(29,30)26-10-2-11-27(35(31,32)19-3-1-12-33-19)21(26)20(28)25-15-6-4-14(24)5-7-15/h1,3,8-9,12-15,21H,2,4-7,10-11,24H2,(H,25,28). The van der Waals surface area contributed by atoms with E-state index in [-0.39, 0.29) is 40.7 Å². The van der Waals surface area contributed by atoms with Crippen LogP contribution in [0, 0.1) is 5.82 Å². The van der Waals surface area contributed by atoms with Crippen LogP contribution in [-0.4, -0.2) is 62.7 Å². The molecule has 2 fully saturated rings. The molecule has 1 saturated carbocycles. The smallest absolute Gasteiger partial charge is 0.254 e. The molecule has 0 bridgehead atoms. The molecule has 1 saturated heterocycles. The summed E-state index contributed by atoms with van der Waals surface area (Å²) in [6, 6.07) is 5.67. The molecule has 1 aliphatic heterocycles. The lowest BCUT2D eigenvalue weighted by Gasteiger charge is -2.41. The number of amides is 1. The van der Waals surface area contributed by atoms with Gasteiger partial charge in [0.2, 0.25) is 10.0 Å². The summed E-state index contributed by atoms with van der Waals surface area (Å²) in [4.78, 5) is 13.2. The van der Waals surface area contributed by atoms with Gasteiger partial charge in [-0.15, -0.1) is 11.3 Å². The lowest BCUT2D eigenvalue weighted by Crippen LogP contribution is -2.64. The Morgan fingerprint density at radius 3 is 2.31 bits per heavy atom. The Morgan fingerprint density at radius 1 is 1.06 bits per heavy atom. The summed E-state index contributed by atoms with van der Waals surface area (Å²) in [6.07, 6.45) is 1.13. The largest absolute Gasteiger partial charge is 0.351 e. The zero-order chi connectivity index (χ0) is 25.4. The number of nitrogens with zero attached hydrogens (tertiary/aromatic N) is 2. The van der Waals surface area contributed by atoms with E-state index in [2.05, 4.69) is 5.32 Å². The molecule has 2 aromatic rings. The van der Waals surface area contributed by atoms with Gasteiger partial charge in [0.05, 0.1) is 9.92 Å². The van der Waals surface area contributed by atoms with Crippen LogP contribution in [0.25, 0.3) is 0 Å². The normalized spacial score (nSPS) is 24.8. The first-order valence-electron chi connectivity index (χ1n) is 11.1. The minimum atomic E-state index is -4.41. The first-order valence-corrected chi connectivity index (χ1v) is 15.2. The quantitative estimate of drug-likeness (QED) is 0.554. The average Bonchev–Trinajstić information content (AvgIpc) is 3.38. The Bertz CT molecular complexity index is 1280. The lowest BCUT2D eigenvalue weighted by molar-refractivity contribution is -0.130. The highest BCUT2D eigenvalue weighted by Crippen LogP contribution is 2.32. The highest BCUT2D eigenvalue weighted by atomic mass is 35.5. The van der Waals surface area contributed by atoms with Crippen LogP contribution in [0.2, 0.25) is 5.02 Å². The molecule has 1 aromatic carbocycles. The van der Waals surface area contributed by atoms with E-state index < -0.39 is 43.0 Å². The van der Waals surface area contributed by atoms with Crippen molar-refractivity contribution in [3.63, 3.8) is 0 Å². The number of sulfonamides is 2. The molecule has 9 nitrogen and oxygen atoms in total. The van der Waals surface area contributed by atoms with Gasteiger partial charge in [-0.1, -0.05) is 17.7 Å². The van der Waals surface area contributed by atoms with E-state index in [9.17, 15) is 26.0 Å². The Balaban J connectivity index is 1.73. The van der Waals surface area contributed by atoms with Crippen molar-refractivity contribution in [3.8, 4) is 0 Å². The monoisotopic (exact) mass is 564 g/mol. The van der Waals surface area contributed by atoms with E-state index in [1.807, 2.05) is 0 Å². The molecule has 1 unspecified atom stereocenters. The topological polar surface area (TPSA) is 130 Å². The van der Waals surface area contributed by atoms with Gasteiger partial charge in [0.1, 0.15) is 10.0 Å². The van der Waals surface area contributed by atoms with Gasteiger partial charge in [-0.2, -0.15) is 8.61 Å². The molecule has 0 radical (unpaired) electrons. The molecule has 1 aromatic heterocycles. The minimum absolute atomic E-state index is 0.00279. The molecule has 35 heavy (non-hydrogen) atoms. The molecule has 0 spiro atoms. The SMILES string of the molecule is NC1CCC(NC(=O)C2N(S(=O)(=O)c3ccc(F)c(Cl)c3)CCCN2S(=O)(=O)c2cccs2)CC1. The zero-order valence-electron chi connectivity index (χ0n) is 18.6. The van der Waals surface area contributed by atoms with Crippen molar-refractivity contribution in [1.29, 1.82) is 0 Å². The van der Waals surface area contributed by atoms with Gasteiger partial charge in [-0.05, 0) is 61.7 Å². The van der Waals surface area contributed by atoms with Gasteiger partial charge in [0.25, 0.3) is 15.9 Å². The molecule has 192 valence electrons. The van der Waals surface area contributed by atoms with Crippen LogP contribution in [-0.2, 0) is 24.8 Å². The van der Waals surface area contributed by atoms with Crippen molar-refractivity contribution in [1.82, 2.24) is 13.9 Å². The van der Waals surface area contributed by atoms with Crippen LogP contribution in [0.4, 0.5) is 4.39 Å². The van der Waals surface area contributed by atoms with Gasteiger partial charge in [0.15, 0.2) is 6.17 Å². The third kappa shape index (κ3) is 5.41. The van der Waals surface area contributed by atoms with Crippen LogP contribution < -0.4 is 11.1 Å². The number of nitrogens with one attached hydrogen (secondary N) is 1. The van der Waals surface area contributed by atoms with Crippen molar-refractivity contribution in [2.45, 2.75) is 59.5 Å². The molecule has 3 N–H and O–H groups in total. The summed E-state index contributed by atoms with van der Waals surface area (Å²) in [5, 5.41) is 4.03. The van der Waals surface area contributed by atoms with Crippen molar-refractivity contribution in [3.05, 3.63) is 46.6 Å². The number of carbonyl (C=O) groups excluding carboxylic acids is 1. The van der Waals surface area contributed by atoms with Crippen molar-refractivity contribution in [2.24, 2.45) is 5.73 Å². The summed E-state index contributed by atoms with van der Waals surface area (Å²) in [5.74, 6) is -1.53. The molecule has 4 rings (SSSR count). The van der Waals surface area contributed by atoms with E-state index in [0.717, 1.165) is 38.1 Å². The number of hydrogen-bond donors (Lipinski definition) is 2. The maximum Gasteiger partial charge on any atom is 0.254 e. The highest BCUT2D eigenvalue weighted by molar-refractivity contribution is 7.91. The predicted octanol–water partition coefficient (Wildman–Crippen LogP) is 2.34. The number of rotatable bonds is 6. The lowest BCUT2D eigenvalue weighted by atomic mass is 9.92. The van der Waals surface area contributed by atoms with E-state index in [4.69, 9.17) is 17.3 Å². The second-order valence-corrected chi connectivity index (χ2v) is 13.9. The Hall–Kier alpha value is -1.61. The Morgan fingerprint density at radius 2 is 1.71 bits per heavy atom. The molecular formula is C21H26ClFN4O5S3. The van der Waals surface area contributed by atoms with Crippen LogP contribution in [0.15, 0.2) is 44.8 Å². The first kappa shape index (κ1) is 26.5. The molecule has 1 amide bonds. The molecule has 14 heteroatoms. The van der Waals surface area contributed by atoms with E-state index in [1.54, 1.807) is 11.4 Å². The molecule has 1 atom stereocenters. The number of thiophene rings is 1. The summed E-state index contributed by atoms with van der Waals surface area (Å²) in [5.41, 5.74) is 5.95. The highest BCUT2D eigenvalue weighted by Gasteiger charge is 2.48. The van der Waals surface area contributed by atoms with Crippen molar-refractivity contribution in [2.75, 3.05) is 13.1 Å². The molecular weight excluding hydrogens is 539 g/mol. The number of halogens is 2. The van der Waals surface area contributed by atoms with Gasteiger partial charge >= 0.3 is 0 Å². The maximum absolute atomic E-state index is 13.7. The number of benzene rings is 1. The van der Waals surface area contributed by atoms with Gasteiger partial charge in [0, 0.05) is 25.2 Å². The number of nitrogens with two attached hydrogens (primary N) is 1. The first-order chi connectivity index (χ1) is 16.5. The van der Waals surface area contributed by atoms with E-state index in [0.29, 0.717) is 25.7 Å². The van der Waals surface area contributed by atoms with Crippen LogP contribution >= 0.6 is 22.9 Å². The van der Waals surface area contributed by atoms with E-state index >= 15 is 0 Å². The maximum atomic E-state index is 13.7. The van der Waals surface area contributed by atoms with Crippen LogP contribution in [0.3, 0.4) is 0 Å². The third-order valence-corrected chi connectivity index (χ3v) is 11.6. The second kappa shape index (κ2) is 10.4. The Labute approximate surface area is 213 Å². The van der Waals surface area contributed by atoms with Crippen LogP contribution in [0.5, 0.6) is 0 Å². The van der Waals surface area contributed by atoms with Crippen molar-refractivity contribution < 1.29 is 26.0 Å². The summed E-state index contributed by atoms with van der Waals surface area (Å²) >= 11 is 6.79. The zero-order valence-corrected chi connectivity index (χ0v) is 21.8. The summed E-state index contributed by atoms with van der Waals surface area (Å²) in [7, 11) is -8.58. The second-order valence-electron chi connectivity index (χ2n) is 8.59. The van der Waals surface area contributed by atoms with Gasteiger partial charge < -0.3 is 11.1 Å². The Kier molecular flexibility index (Phi) is 7.86. The average molecular weight is 565 g/mol. The number of carbonyl (C=O) groups is 1. The predicted molar refractivity (Wildman–Crippen MR) is 130 cm³/mol. The van der Waals surface area contributed by atoms with Crippen molar-refractivity contribution >= 4 is 48.9 Å². The fraction of sp³-hybridized carbons (Fsp3) is 0.476. The van der Waals surface area contributed by atoms with E-state index in [1.165, 1.54) is 6.07 Å². The third-order valence-electron chi connectivity index (χ3n) is 6.21. The van der Waals surface area contributed by atoms with Crippen LogP contribution in [0.1, 0.15) is 32.1 Å². The number of hydrogen-bond acceptors (Lipinski definition) is 7. The van der Waals surface area contributed by atoms with Gasteiger partial charge in [-0.25, -0.2) is 21.2 Å². The summed E-state index contributed by atoms with van der Waals surface area (Å²) in [6.45, 7) is -0.133. The van der Waals surface area contributed by atoms with Gasteiger partial charge in [-0.3, -0.25) is 4.79 Å². The molecule has 2 aliphatic rings. The molecule has 2 heterocycles.